The Kier molecular flexibility index (Phi) is 5.57. The number of hydrogen-bond acceptors (Lipinski definition) is 5. The van der Waals surface area contributed by atoms with Crippen LogP contribution in [0, 0.1) is 0 Å². The highest BCUT2D eigenvalue weighted by Gasteiger charge is 2.31. The average molecular weight is 292 g/mol. The van der Waals surface area contributed by atoms with Gasteiger partial charge in [-0.1, -0.05) is 18.2 Å². The fourth-order valence-electron chi connectivity index (χ4n) is 2.29. The van der Waals surface area contributed by atoms with Gasteiger partial charge in [0.25, 0.3) is 0 Å². The van der Waals surface area contributed by atoms with Crippen molar-refractivity contribution in [3.8, 4) is 5.75 Å². The largest absolute Gasteiger partial charge is 0.492 e. The SMILES string of the molecule is COC(=O)CC1C(=O)NCCN1CCOc1ccccc1. The van der Waals surface area contributed by atoms with Crippen LogP contribution in [-0.4, -0.2) is 56.2 Å². The van der Waals surface area contributed by atoms with Crippen LogP contribution in [-0.2, 0) is 14.3 Å². The van der Waals surface area contributed by atoms with Crippen LogP contribution in [0.25, 0.3) is 0 Å². The molecule has 6 heteroatoms. The third-order valence-electron chi connectivity index (χ3n) is 3.42. The normalized spacial score (nSPS) is 18.9. The van der Waals surface area contributed by atoms with Gasteiger partial charge in [0.2, 0.25) is 5.91 Å². The topological polar surface area (TPSA) is 67.9 Å². The van der Waals surface area contributed by atoms with Crippen LogP contribution in [0.15, 0.2) is 30.3 Å². The van der Waals surface area contributed by atoms with E-state index in [4.69, 9.17) is 4.74 Å². The number of nitrogens with zero attached hydrogens (tertiary/aromatic N) is 1. The Balaban J connectivity index is 1.86. The summed E-state index contributed by atoms with van der Waals surface area (Å²) in [5, 5.41) is 2.77. The minimum absolute atomic E-state index is 0.0632. The first kappa shape index (κ1) is 15.3. The van der Waals surface area contributed by atoms with Crippen LogP contribution in [0.1, 0.15) is 6.42 Å². The van der Waals surface area contributed by atoms with Crippen molar-refractivity contribution in [1.29, 1.82) is 0 Å². The quantitative estimate of drug-likeness (QED) is 0.770. The number of esters is 1. The van der Waals surface area contributed by atoms with Gasteiger partial charge >= 0.3 is 5.97 Å². The lowest BCUT2D eigenvalue weighted by molar-refractivity contribution is -0.146. The molecular formula is C15H20N2O4. The Morgan fingerprint density at radius 1 is 1.38 bits per heavy atom. The van der Waals surface area contributed by atoms with E-state index < -0.39 is 6.04 Å². The van der Waals surface area contributed by atoms with Crippen molar-refractivity contribution in [2.75, 3.05) is 33.4 Å². The number of benzene rings is 1. The highest BCUT2D eigenvalue weighted by Crippen LogP contribution is 2.11. The van der Waals surface area contributed by atoms with E-state index >= 15 is 0 Å². The zero-order valence-corrected chi connectivity index (χ0v) is 12.1. The van der Waals surface area contributed by atoms with Gasteiger partial charge in [0.05, 0.1) is 19.6 Å². The maximum absolute atomic E-state index is 11.9. The first-order valence-corrected chi connectivity index (χ1v) is 6.97. The molecule has 1 N–H and O–H groups in total. The number of para-hydroxylation sites is 1. The van der Waals surface area contributed by atoms with Gasteiger partial charge in [0.1, 0.15) is 12.4 Å². The van der Waals surface area contributed by atoms with Crippen molar-refractivity contribution in [1.82, 2.24) is 10.2 Å². The van der Waals surface area contributed by atoms with Crippen molar-refractivity contribution in [3.63, 3.8) is 0 Å². The highest BCUT2D eigenvalue weighted by molar-refractivity contribution is 5.87. The summed E-state index contributed by atoms with van der Waals surface area (Å²) in [5.74, 6) is 0.279. The van der Waals surface area contributed by atoms with Crippen LogP contribution < -0.4 is 10.1 Å². The third kappa shape index (κ3) is 4.46. The summed E-state index contributed by atoms with van der Waals surface area (Å²) in [5.41, 5.74) is 0. The number of carbonyl (C=O) groups is 2. The van der Waals surface area contributed by atoms with Crippen LogP contribution in [0.2, 0.25) is 0 Å². The molecule has 21 heavy (non-hydrogen) atoms. The number of piperazine rings is 1. The molecule has 0 radical (unpaired) electrons. The Hall–Kier alpha value is -2.08. The Morgan fingerprint density at radius 3 is 2.86 bits per heavy atom. The molecule has 1 fully saturated rings. The molecule has 1 aromatic rings. The Labute approximate surface area is 124 Å². The second kappa shape index (κ2) is 7.64. The minimum atomic E-state index is -0.481. The summed E-state index contributed by atoms with van der Waals surface area (Å²) in [6.07, 6.45) is 0.0632. The molecule has 1 aliphatic rings. The van der Waals surface area contributed by atoms with Gasteiger partial charge in [-0.3, -0.25) is 14.5 Å². The number of methoxy groups -OCH3 is 1. The van der Waals surface area contributed by atoms with E-state index in [1.807, 2.05) is 35.2 Å². The van der Waals surface area contributed by atoms with Crippen molar-refractivity contribution >= 4 is 11.9 Å². The molecule has 0 aromatic heterocycles. The lowest BCUT2D eigenvalue weighted by Crippen LogP contribution is -2.56. The fraction of sp³-hybridized carbons (Fsp3) is 0.467. The van der Waals surface area contributed by atoms with Gasteiger partial charge in [-0.2, -0.15) is 0 Å². The summed E-state index contributed by atoms with van der Waals surface area (Å²) in [6.45, 7) is 2.34. The molecule has 0 spiro atoms. The zero-order valence-electron chi connectivity index (χ0n) is 12.1. The van der Waals surface area contributed by atoms with Gasteiger partial charge in [-0.05, 0) is 12.1 Å². The maximum atomic E-state index is 11.9. The lowest BCUT2D eigenvalue weighted by Gasteiger charge is -2.34. The zero-order chi connectivity index (χ0) is 15.1. The summed E-state index contributed by atoms with van der Waals surface area (Å²) in [4.78, 5) is 25.3. The maximum Gasteiger partial charge on any atom is 0.307 e. The van der Waals surface area contributed by atoms with E-state index in [1.165, 1.54) is 7.11 Å². The number of rotatable bonds is 6. The Morgan fingerprint density at radius 2 is 2.14 bits per heavy atom. The Bertz CT molecular complexity index is 478. The van der Waals surface area contributed by atoms with Crippen molar-refractivity contribution < 1.29 is 19.1 Å². The number of nitrogens with one attached hydrogen (secondary N) is 1. The summed E-state index contributed by atoms with van der Waals surface area (Å²) in [7, 11) is 1.33. The standard InChI is InChI=1S/C15H20N2O4/c1-20-14(18)11-13-15(19)16-7-8-17(13)9-10-21-12-5-3-2-4-6-12/h2-6,13H,7-11H2,1H3,(H,16,19). The van der Waals surface area contributed by atoms with Crippen LogP contribution in [0.3, 0.4) is 0 Å². The average Bonchev–Trinajstić information content (AvgIpc) is 2.51. The van der Waals surface area contributed by atoms with E-state index in [1.54, 1.807) is 0 Å². The van der Waals surface area contributed by atoms with E-state index in [-0.39, 0.29) is 18.3 Å². The van der Waals surface area contributed by atoms with Gasteiger partial charge in [-0.25, -0.2) is 0 Å². The predicted molar refractivity (Wildman–Crippen MR) is 76.9 cm³/mol. The van der Waals surface area contributed by atoms with E-state index in [0.717, 1.165) is 5.75 Å². The molecule has 1 unspecified atom stereocenters. The number of carbonyl (C=O) groups excluding carboxylic acids is 2. The lowest BCUT2D eigenvalue weighted by atomic mass is 10.1. The summed E-state index contributed by atoms with van der Waals surface area (Å²) in [6, 6.07) is 9.02. The molecule has 114 valence electrons. The minimum Gasteiger partial charge on any atom is -0.492 e. The predicted octanol–water partition coefficient (Wildman–Crippen LogP) is 0.429. The molecule has 0 bridgehead atoms. The van der Waals surface area contributed by atoms with Crippen molar-refractivity contribution in [2.24, 2.45) is 0 Å². The highest BCUT2D eigenvalue weighted by atomic mass is 16.5. The molecule has 6 nitrogen and oxygen atoms in total. The monoisotopic (exact) mass is 292 g/mol. The van der Waals surface area contributed by atoms with Crippen molar-refractivity contribution in [2.45, 2.75) is 12.5 Å². The molecule has 1 atom stereocenters. The smallest absolute Gasteiger partial charge is 0.307 e. The first-order valence-electron chi connectivity index (χ1n) is 6.97. The van der Waals surface area contributed by atoms with E-state index in [9.17, 15) is 9.59 Å². The molecule has 0 aliphatic carbocycles. The van der Waals surface area contributed by atoms with Gasteiger partial charge < -0.3 is 14.8 Å². The van der Waals surface area contributed by atoms with E-state index in [0.29, 0.717) is 26.2 Å². The van der Waals surface area contributed by atoms with Crippen LogP contribution >= 0.6 is 0 Å². The van der Waals surface area contributed by atoms with Crippen LogP contribution in [0.4, 0.5) is 0 Å². The molecule has 1 aromatic carbocycles. The fourth-order valence-corrected chi connectivity index (χ4v) is 2.29. The van der Waals surface area contributed by atoms with Crippen molar-refractivity contribution in [3.05, 3.63) is 30.3 Å². The second-order valence-electron chi connectivity index (χ2n) is 4.78. The molecule has 1 amide bonds. The number of amides is 1. The third-order valence-corrected chi connectivity index (χ3v) is 3.42. The second-order valence-corrected chi connectivity index (χ2v) is 4.78. The molecule has 1 saturated heterocycles. The van der Waals surface area contributed by atoms with E-state index in [2.05, 4.69) is 10.1 Å². The molecule has 1 aliphatic heterocycles. The van der Waals surface area contributed by atoms with Gasteiger partial charge in [-0.15, -0.1) is 0 Å². The molecule has 0 saturated carbocycles. The van der Waals surface area contributed by atoms with Crippen LogP contribution in [0.5, 0.6) is 5.75 Å². The molecule has 2 rings (SSSR count). The first-order chi connectivity index (χ1) is 10.2. The molecule has 1 heterocycles. The number of hydrogen-bond donors (Lipinski definition) is 1. The molecular weight excluding hydrogens is 272 g/mol. The summed E-state index contributed by atoms with van der Waals surface area (Å²) >= 11 is 0. The summed E-state index contributed by atoms with van der Waals surface area (Å²) < 4.78 is 10.3. The number of ether oxygens (including phenoxy) is 2. The van der Waals surface area contributed by atoms with Gasteiger partial charge in [0, 0.05) is 19.6 Å². The van der Waals surface area contributed by atoms with Gasteiger partial charge in [0.15, 0.2) is 0 Å².